The summed E-state index contributed by atoms with van der Waals surface area (Å²) < 4.78 is 7.66. The largest absolute Gasteiger partial charge is 0.374 e. The van der Waals surface area contributed by atoms with Crippen molar-refractivity contribution in [3.8, 4) is 0 Å². The first-order valence-corrected chi connectivity index (χ1v) is 10.4. The van der Waals surface area contributed by atoms with Gasteiger partial charge in [0.2, 0.25) is 0 Å². The van der Waals surface area contributed by atoms with Crippen molar-refractivity contribution in [1.82, 2.24) is 0 Å². The van der Waals surface area contributed by atoms with Crippen LogP contribution in [0.4, 0.5) is 0 Å². The van der Waals surface area contributed by atoms with Crippen molar-refractivity contribution in [2.75, 3.05) is 11.0 Å². The summed E-state index contributed by atoms with van der Waals surface area (Å²) in [5.74, 6) is 1.75. The molecule has 1 unspecified atom stereocenters. The van der Waals surface area contributed by atoms with Crippen molar-refractivity contribution in [3.63, 3.8) is 0 Å². The summed E-state index contributed by atoms with van der Waals surface area (Å²) >= 11 is 2.55. The van der Waals surface area contributed by atoms with E-state index < -0.39 is 0 Å². The SMILES string of the molecule is CCCCC(CC)COC1(CI)CCC(CCC)CC1. The lowest BCUT2D eigenvalue weighted by Crippen LogP contribution is -2.40. The van der Waals surface area contributed by atoms with Crippen molar-refractivity contribution in [1.29, 1.82) is 0 Å². The highest BCUT2D eigenvalue weighted by Crippen LogP contribution is 2.38. The van der Waals surface area contributed by atoms with Crippen LogP contribution in [0.25, 0.3) is 0 Å². The number of hydrogen-bond acceptors (Lipinski definition) is 1. The van der Waals surface area contributed by atoms with Crippen molar-refractivity contribution in [3.05, 3.63) is 0 Å². The van der Waals surface area contributed by atoms with Crippen LogP contribution in [0, 0.1) is 11.8 Å². The summed E-state index contributed by atoms with van der Waals surface area (Å²) in [5.41, 5.74) is 0.213. The van der Waals surface area contributed by atoms with Crippen LogP contribution in [0.1, 0.15) is 85.0 Å². The Balaban J connectivity index is 2.38. The lowest BCUT2D eigenvalue weighted by atomic mass is 9.78. The van der Waals surface area contributed by atoms with E-state index in [4.69, 9.17) is 4.74 Å². The minimum Gasteiger partial charge on any atom is -0.374 e. The second-order valence-corrected chi connectivity index (χ2v) is 7.54. The van der Waals surface area contributed by atoms with Gasteiger partial charge in [-0.05, 0) is 43.9 Å². The van der Waals surface area contributed by atoms with Crippen LogP contribution < -0.4 is 0 Å². The van der Waals surface area contributed by atoms with Crippen LogP contribution in [-0.4, -0.2) is 16.6 Å². The molecule has 0 aromatic heterocycles. The van der Waals surface area contributed by atoms with Crippen molar-refractivity contribution >= 4 is 22.6 Å². The number of hydrogen-bond donors (Lipinski definition) is 0. The molecule has 0 spiro atoms. The fourth-order valence-corrected chi connectivity index (χ4v) is 4.39. The molecule has 0 heterocycles. The van der Waals surface area contributed by atoms with E-state index in [-0.39, 0.29) is 5.60 Å². The van der Waals surface area contributed by atoms with Crippen LogP contribution in [0.15, 0.2) is 0 Å². The van der Waals surface area contributed by atoms with Crippen LogP contribution in [-0.2, 0) is 4.74 Å². The summed E-state index contributed by atoms with van der Waals surface area (Å²) in [7, 11) is 0. The van der Waals surface area contributed by atoms with E-state index in [0.717, 1.165) is 18.4 Å². The van der Waals surface area contributed by atoms with Gasteiger partial charge in [0.1, 0.15) is 0 Å². The van der Waals surface area contributed by atoms with Crippen LogP contribution in [0.2, 0.25) is 0 Å². The molecule has 2 heteroatoms. The van der Waals surface area contributed by atoms with E-state index in [9.17, 15) is 0 Å². The molecule has 0 bridgehead atoms. The second kappa shape index (κ2) is 10.4. The standard InChI is InChI=1S/C18H35IO/c1-4-7-9-16(6-3)14-20-18(15-19)12-10-17(8-5-2)11-13-18/h16-17H,4-15H2,1-3H3. The summed E-state index contributed by atoms with van der Waals surface area (Å²) in [4.78, 5) is 0. The number of ether oxygens (including phenoxy) is 1. The Morgan fingerprint density at radius 2 is 1.85 bits per heavy atom. The van der Waals surface area contributed by atoms with Crippen LogP contribution in [0.5, 0.6) is 0 Å². The van der Waals surface area contributed by atoms with E-state index in [1.807, 2.05) is 0 Å². The molecule has 0 N–H and O–H groups in total. The highest BCUT2D eigenvalue weighted by molar-refractivity contribution is 14.1. The van der Waals surface area contributed by atoms with E-state index in [0.29, 0.717) is 0 Å². The molecule has 1 rings (SSSR count). The Labute approximate surface area is 140 Å². The lowest BCUT2D eigenvalue weighted by Gasteiger charge is -2.40. The van der Waals surface area contributed by atoms with E-state index in [1.54, 1.807) is 0 Å². The molecule has 0 radical (unpaired) electrons. The average Bonchev–Trinajstić information content (AvgIpc) is 2.49. The normalized spacial score (nSPS) is 28.5. The van der Waals surface area contributed by atoms with Gasteiger partial charge in [0, 0.05) is 4.43 Å². The zero-order valence-corrected chi connectivity index (χ0v) is 16.1. The third-order valence-electron chi connectivity index (χ3n) is 5.13. The predicted molar refractivity (Wildman–Crippen MR) is 97.7 cm³/mol. The molecule has 20 heavy (non-hydrogen) atoms. The molecule has 1 fully saturated rings. The van der Waals surface area contributed by atoms with Crippen LogP contribution >= 0.6 is 22.6 Å². The first kappa shape index (κ1) is 18.7. The molecule has 0 aliphatic heterocycles. The molecule has 1 saturated carbocycles. The van der Waals surface area contributed by atoms with Gasteiger partial charge >= 0.3 is 0 Å². The molecule has 0 aromatic rings. The van der Waals surface area contributed by atoms with Gasteiger partial charge in [-0.15, -0.1) is 0 Å². The van der Waals surface area contributed by atoms with Gasteiger partial charge in [0.15, 0.2) is 0 Å². The minimum absolute atomic E-state index is 0.213. The maximum absolute atomic E-state index is 6.49. The quantitative estimate of drug-likeness (QED) is 0.308. The van der Waals surface area contributed by atoms with Gasteiger partial charge in [-0.1, -0.05) is 75.5 Å². The molecular formula is C18H35IO. The average molecular weight is 394 g/mol. The van der Waals surface area contributed by atoms with Gasteiger partial charge in [-0.2, -0.15) is 0 Å². The minimum atomic E-state index is 0.213. The van der Waals surface area contributed by atoms with E-state index >= 15 is 0 Å². The smallest absolute Gasteiger partial charge is 0.0771 e. The zero-order valence-electron chi connectivity index (χ0n) is 13.9. The third-order valence-corrected chi connectivity index (χ3v) is 6.52. The summed E-state index contributed by atoms with van der Waals surface area (Å²) in [5, 5.41) is 0. The summed E-state index contributed by atoms with van der Waals surface area (Å²) in [6.07, 6.45) is 13.4. The van der Waals surface area contributed by atoms with E-state index in [2.05, 4.69) is 43.4 Å². The molecule has 0 amide bonds. The van der Waals surface area contributed by atoms with E-state index in [1.165, 1.54) is 68.6 Å². The highest BCUT2D eigenvalue weighted by atomic mass is 127. The molecular weight excluding hydrogens is 359 g/mol. The Kier molecular flexibility index (Phi) is 9.76. The number of rotatable bonds is 10. The topological polar surface area (TPSA) is 9.23 Å². The fraction of sp³-hybridized carbons (Fsp3) is 1.00. The van der Waals surface area contributed by atoms with Gasteiger partial charge in [-0.25, -0.2) is 0 Å². The first-order chi connectivity index (χ1) is 9.69. The first-order valence-electron chi connectivity index (χ1n) is 8.89. The zero-order chi connectivity index (χ0) is 14.8. The molecule has 1 atom stereocenters. The third kappa shape index (κ3) is 6.21. The number of halogens is 1. The van der Waals surface area contributed by atoms with Crippen molar-refractivity contribution in [2.45, 2.75) is 90.6 Å². The monoisotopic (exact) mass is 394 g/mol. The Morgan fingerprint density at radius 1 is 1.15 bits per heavy atom. The molecule has 1 aliphatic carbocycles. The maximum Gasteiger partial charge on any atom is 0.0771 e. The highest BCUT2D eigenvalue weighted by Gasteiger charge is 2.35. The Morgan fingerprint density at radius 3 is 2.35 bits per heavy atom. The molecule has 120 valence electrons. The maximum atomic E-state index is 6.49. The van der Waals surface area contributed by atoms with Gasteiger partial charge in [-0.3, -0.25) is 0 Å². The number of alkyl halides is 1. The van der Waals surface area contributed by atoms with Crippen molar-refractivity contribution < 1.29 is 4.74 Å². The lowest BCUT2D eigenvalue weighted by molar-refractivity contribution is -0.0742. The van der Waals surface area contributed by atoms with Gasteiger partial charge < -0.3 is 4.74 Å². The summed E-state index contributed by atoms with van der Waals surface area (Å²) in [6.45, 7) is 7.92. The van der Waals surface area contributed by atoms with Crippen molar-refractivity contribution in [2.24, 2.45) is 11.8 Å². The molecule has 1 aliphatic rings. The predicted octanol–water partition coefficient (Wildman–Crippen LogP) is 6.38. The number of unbranched alkanes of at least 4 members (excludes halogenated alkanes) is 1. The molecule has 0 saturated heterocycles. The molecule has 1 nitrogen and oxygen atoms in total. The molecule has 0 aromatic carbocycles. The van der Waals surface area contributed by atoms with Gasteiger partial charge in [0.05, 0.1) is 12.2 Å². The summed E-state index contributed by atoms with van der Waals surface area (Å²) in [6, 6.07) is 0. The Bertz CT molecular complexity index is 234. The van der Waals surface area contributed by atoms with Crippen LogP contribution in [0.3, 0.4) is 0 Å². The second-order valence-electron chi connectivity index (χ2n) is 6.78. The fourth-order valence-electron chi connectivity index (χ4n) is 3.41. The Hall–Kier alpha value is 0.690. The van der Waals surface area contributed by atoms with Gasteiger partial charge in [0.25, 0.3) is 0 Å².